The van der Waals surface area contributed by atoms with Crippen molar-refractivity contribution < 1.29 is 14.4 Å². The number of carbonyl (C=O) groups excluding carboxylic acids is 3. The fourth-order valence-corrected chi connectivity index (χ4v) is 4.06. The van der Waals surface area contributed by atoms with Crippen molar-refractivity contribution >= 4 is 17.7 Å². The van der Waals surface area contributed by atoms with Crippen LogP contribution in [0.1, 0.15) is 24.8 Å². The number of allylic oxidation sites excluding steroid dienone is 2. The molecule has 0 radical (unpaired) electrons. The molecule has 4 rings (SSSR count). The maximum Gasteiger partial charge on any atom is 0.233 e. The Morgan fingerprint density at radius 2 is 1.56 bits per heavy atom. The Hall–Kier alpha value is -2.43. The van der Waals surface area contributed by atoms with Crippen LogP contribution < -0.4 is 0 Å². The van der Waals surface area contributed by atoms with Crippen LogP contribution in [-0.2, 0) is 20.8 Å². The van der Waals surface area contributed by atoms with Gasteiger partial charge in [0.25, 0.3) is 0 Å². The molecule has 2 saturated heterocycles. The van der Waals surface area contributed by atoms with Gasteiger partial charge in [0.2, 0.25) is 17.7 Å². The highest BCUT2D eigenvalue weighted by Crippen LogP contribution is 2.37. The van der Waals surface area contributed by atoms with Crippen LogP contribution in [0.25, 0.3) is 0 Å². The number of carbonyl (C=O) groups is 3. The standard InChI is InChI=1S/C20H22N2O3/c23-18(11-10-14-6-2-1-3-7-14)21-12-15(13-21)22-19(24)16-8-4-5-9-17(16)20(22)25/h1-7,15-17H,8-13H2. The summed E-state index contributed by atoms with van der Waals surface area (Å²) < 4.78 is 0. The van der Waals surface area contributed by atoms with E-state index in [1.165, 1.54) is 4.90 Å². The molecule has 5 heteroatoms. The third-order valence-corrected chi connectivity index (χ3v) is 5.59. The Morgan fingerprint density at radius 3 is 2.16 bits per heavy atom. The second kappa shape index (κ2) is 6.47. The van der Waals surface area contributed by atoms with Gasteiger partial charge in [-0.25, -0.2) is 0 Å². The number of amides is 3. The topological polar surface area (TPSA) is 57.7 Å². The number of imide groups is 1. The van der Waals surface area contributed by atoms with Crippen LogP contribution in [-0.4, -0.2) is 46.7 Å². The number of benzene rings is 1. The Balaban J connectivity index is 1.31. The van der Waals surface area contributed by atoms with Crippen molar-refractivity contribution in [2.45, 2.75) is 31.7 Å². The molecule has 1 aliphatic carbocycles. The first-order valence-electron chi connectivity index (χ1n) is 8.99. The SMILES string of the molecule is O=C(CCc1ccccc1)N1CC(N2C(=O)C3CC=CCC3C2=O)C1. The van der Waals surface area contributed by atoms with Gasteiger partial charge in [-0.1, -0.05) is 42.5 Å². The van der Waals surface area contributed by atoms with E-state index in [1.807, 2.05) is 42.5 Å². The molecule has 0 aromatic heterocycles. The molecule has 25 heavy (non-hydrogen) atoms. The van der Waals surface area contributed by atoms with E-state index in [4.69, 9.17) is 0 Å². The van der Waals surface area contributed by atoms with E-state index < -0.39 is 0 Å². The lowest BCUT2D eigenvalue weighted by Crippen LogP contribution is -2.62. The van der Waals surface area contributed by atoms with Crippen LogP contribution in [0.5, 0.6) is 0 Å². The van der Waals surface area contributed by atoms with Gasteiger partial charge in [-0.15, -0.1) is 0 Å². The highest BCUT2D eigenvalue weighted by atomic mass is 16.2. The van der Waals surface area contributed by atoms with E-state index in [9.17, 15) is 14.4 Å². The van der Waals surface area contributed by atoms with Crippen LogP contribution >= 0.6 is 0 Å². The second-order valence-corrected chi connectivity index (χ2v) is 7.14. The fourth-order valence-electron chi connectivity index (χ4n) is 4.06. The lowest BCUT2D eigenvalue weighted by molar-refractivity contribution is -0.152. The van der Waals surface area contributed by atoms with Crippen molar-refractivity contribution in [1.29, 1.82) is 0 Å². The molecule has 3 aliphatic rings. The second-order valence-electron chi connectivity index (χ2n) is 7.14. The number of nitrogens with zero attached hydrogens (tertiary/aromatic N) is 2. The highest BCUT2D eigenvalue weighted by molar-refractivity contribution is 6.06. The number of rotatable bonds is 4. The summed E-state index contributed by atoms with van der Waals surface area (Å²) in [6.07, 6.45) is 6.51. The lowest BCUT2D eigenvalue weighted by Gasteiger charge is -2.43. The van der Waals surface area contributed by atoms with Gasteiger partial charge in [0.1, 0.15) is 0 Å². The minimum atomic E-state index is -0.180. The summed E-state index contributed by atoms with van der Waals surface area (Å²) in [5.41, 5.74) is 1.15. The van der Waals surface area contributed by atoms with E-state index in [-0.39, 0.29) is 35.6 Å². The highest BCUT2D eigenvalue weighted by Gasteiger charge is 2.52. The predicted octanol–water partition coefficient (Wildman–Crippen LogP) is 1.78. The fraction of sp³-hybridized carbons (Fsp3) is 0.450. The molecule has 2 unspecified atom stereocenters. The quantitative estimate of drug-likeness (QED) is 0.621. The smallest absolute Gasteiger partial charge is 0.233 e. The normalized spacial score (nSPS) is 25.9. The maximum absolute atomic E-state index is 12.5. The first-order chi connectivity index (χ1) is 12.1. The third kappa shape index (κ3) is 2.88. The van der Waals surface area contributed by atoms with Gasteiger partial charge in [0.05, 0.1) is 17.9 Å². The summed E-state index contributed by atoms with van der Waals surface area (Å²) in [6.45, 7) is 0.968. The monoisotopic (exact) mass is 338 g/mol. The average molecular weight is 338 g/mol. The van der Waals surface area contributed by atoms with Crippen molar-refractivity contribution in [3.05, 3.63) is 48.0 Å². The van der Waals surface area contributed by atoms with Crippen LogP contribution in [0.3, 0.4) is 0 Å². The van der Waals surface area contributed by atoms with Crippen molar-refractivity contribution in [3.63, 3.8) is 0 Å². The summed E-state index contributed by atoms with van der Waals surface area (Å²) in [6, 6.07) is 9.80. The predicted molar refractivity (Wildman–Crippen MR) is 92.3 cm³/mol. The maximum atomic E-state index is 12.5. The zero-order chi connectivity index (χ0) is 17.4. The van der Waals surface area contributed by atoms with Gasteiger partial charge in [0.15, 0.2) is 0 Å². The molecule has 2 atom stereocenters. The van der Waals surface area contributed by atoms with Crippen LogP contribution in [0.15, 0.2) is 42.5 Å². The van der Waals surface area contributed by atoms with E-state index in [0.717, 1.165) is 12.0 Å². The Morgan fingerprint density at radius 1 is 0.960 bits per heavy atom. The summed E-state index contributed by atoms with van der Waals surface area (Å²) in [5, 5.41) is 0. The molecule has 3 amide bonds. The third-order valence-electron chi connectivity index (χ3n) is 5.59. The Bertz CT molecular complexity index is 696. The van der Waals surface area contributed by atoms with E-state index >= 15 is 0 Å². The number of fused-ring (bicyclic) bond motifs is 1. The minimum absolute atomic E-state index is 0.0410. The van der Waals surface area contributed by atoms with E-state index in [1.54, 1.807) is 4.90 Å². The first-order valence-corrected chi connectivity index (χ1v) is 8.99. The van der Waals surface area contributed by atoms with E-state index in [0.29, 0.717) is 32.4 Å². The zero-order valence-corrected chi connectivity index (χ0v) is 14.1. The summed E-state index contributed by atoms with van der Waals surface area (Å²) in [5.74, 6) is -0.347. The first kappa shape index (κ1) is 16.1. The number of hydrogen-bond acceptors (Lipinski definition) is 3. The van der Waals surface area contributed by atoms with Gasteiger partial charge in [0, 0.05) is 19.5 Å². The van der Waals surface area contributed by atoms with Crippen molar-refractivity contribution in [3.8, 4) is 0 Å². The molecule has 130 valence electrons. The van der Waals surface area contributed by atoms with Crippen molar-refractivity contribution in [1.82, 2.24) is 9.80 Å². The molecule has 1 aromatic rings. The van der Waals surface area contributed by atoms with Gasteiger partial charge in [-0.2, -0.15) is 0 Å². The van der Waals surface area contributed by atoms with Gasteiger partial charge >= 0.3 is 0 Å². The molecular formula is C20H22N2O3. The average Bonchev–Trinajstić information content (AvgIpc) is 2.85. The van der Waals surface area contributed by atoms with Crippen molar-refractivity contribution in [2.24, 2.45) is 11.8 Å². The largest absolute Gasteiger partial charge is 0.338 e. The summed E-state index contributed by atoms with van der Waals surface area (Å²) >= 11 is 0. The van der Waals surface area contributed by atoms with Crippen LogP contribution in [0.4, 0.5) is 0 Å². The molecule has 5 nitrogen and oxygen atoms in total. The van der Waals surface area contributed by atoms with Crippen LogP contribution in [0.2, 0.25) is 0 Å². The van der Waals surface area contributed by atoms with E-state index in [2.05, 4.69) is 0 Å². The number of hydrogen-bond donors (Lipinski definition) is 0. The Labute approximate surface area is 147 Å². The Kier molecular flexibility index (Phi) is 4.15. The lowest BCUT2D eigenvalue weighted by atomic mass is 9.85. The molecule has 0 saturated carbocycles. The van der Waals surface area contributed by atoms with Crippen molar-refractivity contribution in [2.75, 3.05) is 13.1 Å². The summed E-state index contributed by atoms with van der Waals surface area (Å²) in [7, 11) is 0. The summed E-state index contributed by atoms with van der Waals surface area (Å²) in [4.78, 5) is 40.6. The van der Waals surface area contributed by atoms with Crippen LogP contribution in [0, 0.1) is 11.8 Å². The molecule has 2 fully saturated rings. The molecule has 0 bridgehead atoms. The zero-order valence-electron chi connectivity index (χ0n) is 14.1. The molecular weight excluding hydrogens is 316 g/mol. The number of aryl methyl sites for hydroxylation is 1. The molecule has 0 spiro atoms. The molecule has 1 aromatic carbocycles. The van der Waals surface area contributed by atoms with Gasteiger partial charge < -0.3 is 4.90 Å². The molecule has 2 aliphatic heterocycles. The minimum Gasteiger partial charge on any atom is -0.338 e. The number of likely N-dealkylation sites (tertiary alicyclic amines) is 2. The molecule has 2 heterocycles. The van der Waals surface area contributed by atoms with Gasteiger partial charge in [-0.3, -0.25) is 19.3 Å². The molecule has 0 N–H and O–H groups in total. The van der Waals surface area contributed by atoms with Gasteiger partial charge in [-0.05, 0) is 24.8 Å².